The number of thioether (sulfide) groups is 1. The molecule has 1 aromatic heterocycles. The van der Waals surface area contributed by atoms with Gasteiger partial charge in [0.2, 0.25) is 0 Å². The van der Waals surface area contributed by atoms with Gasteiger partial charge in [-0.2, -0.15) is 0 Å². The highest BCUT2D eigenvalue weighted by Gasteiger charge is 2.13. The summed E-state index contributed by atoms with van der Waals surface area (Å²) in [5.74, 6) is -0.400. The summed E-state index contributed by atoms with van der Waals surface area (Å²) in [4.78, 5) is 24.1. The van der Waals surface area contributed by atoms with Gasteiger partial charge in [-0.3, -0.25) is 9.36 Å². The number of hydrogen-bond donors (Lipinski definition) is 1. The van der Waals surface area contributed by atoms with Crippen LogP contribution in [-0.4, -0.2) is 26.3 Å². The number of benzene rings is 2. The standard InChI is InChI=1S/C18H16FN3O2S/c19-15-8-6-14(7-9-15)16(23)12-25-18-21-20-17(24)22(18)11-10-13-4-2-1-3-5-13/h1-9H,10-12H2,(H,20,24). The Hall–Kier alpha value is -2.67. The number of rotatable bonds is 7. The van der Waals surface area contributed by atoms with E-state index in [1.807, 2.05) is 30.3 Å². The van der Waals surface area contributed by atoms with E-state index in [0.29, 0.717) is 23.7 Å². The summed E-state index contributed by atoms with van der Waals surface area (Å²) in [7, 11) is 0. The van der Waals surface area contributed by atoms with Crippen molar-refractivity contribution in [1.82, 2.24) is 14.8 Å². The summed E-state index contributed by atoms with van der Waals surface area (Å²) in [6.07, 6.45) is 0.694. The molecule has 0 amide bonds. The number of nitrogens with one attached hydrogen (secondary N) is 1. The van der Waals surface area contributed by atoms with Crippen LogP contribution in [0.1, 0.15) is 15.9 Å². The highest BCUT2D eigenvalue weighted by molar-refractivity contribution is 7.99. The van der Waals surface area contributed by atoms with Gasteiger partial charge in [0.05, 0.1) is 5.75 Å². The second-order valence-electron chi connectivity index (χ2n) is 5.42. The maximum Gasteiger partial charge on any atom is 0.343 e. The molecule has 2 aromatic carbocycles. The third-order valence-electron chi connectivity index (χ3n) is 3.69. The lowest BCUT2D eigenvalue weighted by molar-refractivity contribution is 0.102. The van der Waals surface area contributed by atoms with Crippen LogP contribution in [0, 0.1) is 5.82 Å². The lowest BCUT2D eigenvalue weighted by atomic mass is 10.1. The fourth-order valence-corrected chi connectivity index (χ4v) is 3.21. The van der Waals surface area contributed by atoms with E-state index in [9.17, 15) is 14.0 Å². The van der Waals surface area contributed by atoms with Gasteiger partial charge in [-0.25, -0.2) is 14.3 Å². The lowest BCUT2D eigenvalue weighted by Crippen LogP contribution is -2.19. The zero-order chi connectivity index (χ0) is 17.6. The van der Waals surface area contributed by atoms with Crippen molar-refractivity contribution >= 4 is 17.5 Å². The maximum atomic E-state index is 12.9. The molecule has 1 heterocycles. The summed E-state index contributed by atoms with van der Waals surface area (Å²) >= 11 is 1.19. The number of Topliss-reactive ketones (excluding diaryl/α,β-unsaturated/α-hetero) is 1. The third-order valence-corrected chi connectivity index (χ3v) is 4.67. The molecule has 25 heavy (non-hydrogen) atoms. The fraction of sp³-hybridized carbons (Fsp3) is 0.167. The van der Waals surface area contributed by atoms with Gasteiger partial charge in [-0.1, -0.05) is 42.1 Å². The van der Waals surface area contributed by atoms with Gasteiger partial charge in [-0.15, -0.1) is 5.10 Å². The predicted octanol–water partition coefficient (Wildman–Crippen LogP) is 2.93. The van der Waals surface area contributed by atoms with E-state index in [2.05, 4.69) is 10.2 Å². The molecule has 0 bridgehead atoms. The molecule has 0 fully saturated rings. The topological polar surface area (TPSA) is 67.8 Å². The summed E-state index contributed by atoms with van der Waals surface area (Å²) in [5.41, 5.74) is 1.25. The first kappa shape index (κ1) is 17.2. The molecule has 0 radical (unpaired) electrons. The maximum absolute atomic E-state index is 12.9. The number of carbonyl (C=O) groups is 1. The second kappa shape index (κ2) is 7.94. The fourth-order valence-electron chi connectivity index (χ4n) is 2.35. The largest absolute Gasteiger partial charge is 0.343 e. The smallest absolute Gasteiger partial charge is 0.293 e. The van der Waals surface area contributed by atoms with E-state index in [4.69, 9.17) is 0 Å². The van der Waals surface area contributed by atoms with Gasteiger partial charge < -0.3 is 0 Å². The first-order valence-electron chi connectivity index (χ1n) is 7.74. The Morgan fingerprint density at radius 1 is 1.12 bits per heavy atom. The number of hydrogen-bond acceptors (Lipinski definition) is 4. The van der Waals surface area contributed by atoms with Gasteiger partial charge in [0, 0.05) is 12.1 Å². The van der Waals surface area contributed by atoms with Crippen molar-refractivity contribution in [2.24, 2.45) is 0 Å². The van der Waals surface area contributed by atoms with Crippen LogP contribution in [0.25, 0.3) is 0 Å². The van der Waals surface area contributed by atoms with Crippen LogP contribution in [0.15, 0.2) is 64.5 Å². The van der Waals surface area contributed by atoms with E-state index >= 15 is 0 Å². The molecule has 7 heteroatoms. The van der Waals surface area contributed by atoms with Gasteiger partial charge >= 0.3 is 5.69 Å². The van der Waals surface area contributed by atoms with E-state index < -0.39 is 0 Å². The number of carbonyl (C=O) groups excluding carboxylic acids is 1. The average Bonchev–Trinajstić information content (AvgIpc) is 2.99. The Morgan fingerprint density at radius 2 is 1.84 bits per heavy atom. The molecule has 3 rings (SSSR count). The molecule has 0 aliphatic carbocycles. The summed E-state index contributed by atoms with van der Waals surface area (Å²) in [6, 6.07) is 15.2. The Balaban J connectivity index is 1.64. The zero-order valence-electron chi connectivity index (χ0n) is 13.3. The van der Waals surface area contributed by atoms with Crippen LogP contribution >= 0.6 is 11.8 Å². The Labute approximate surface area is 147 Å². The molecule has 3 aromatic rings. The molecule has 1 N–H and O–H groups in total. The molecule has 0 spiro atoms. The van der Waals surface area contributed by atoms with Gasteiger partial charge in [0.25, 0.3) is 0 Å². The zero-order valence-corrected chi connectivity index (χ0v) is 14.1. The van der Waals surface area contributed by atoms with Crippen molar-refractivity contribution in [3.05, 3.63) is 82.0 Å². The Kier molecular flexibility index (Phi) is 5.45. The van der Waals surface area contributed by atoms with Crippen LogP contribution < -0.4 is 5.69 Å². The summed E-state index contributed by atoms with van der Waals surface area (Å²) < 4.78 is 14.4. The molecule has 0 saturated carbocycles. The molecular formula is C18H16FN3O2S. The number of nitrogens with zero attached hydrogens (tertiary/aromatic N) is 2. The van der Waals surface area contributed by atoms with Crippen molar-refractivity contribution in [3.8, 4) is 0 Å². The summed E-state index contributed by atoms with van der Waals surface area (Å²) in [5, 5.41) is 6.87. The Morgan fingerprint density at radius 3 is 2.56 bits per heavy atom. The Bertz CT molecular complexity index is 904. The van der Waals surface area contributed by atoms with Crippen molar-refractivity contribution in [2.75, 3.05) is 5.75 Å². The van der Waals surface area contributed by atoms with Crippen molar-refractivity contribution in [1.29, 1.82) is 0 Å². The normalized spacial score (nSPS) is 10.8. The van der Waals surface area contributed by atoms with Gasteiger partial charge in [-0.05, 0) is 36.2 Å². The van der Waals surface area contributed by atoms with Crippen LogP contribution in [0.4, 0.5) is 4.39 Å². The summed E-state index contributed by atoms with van der Waals surface area (Å²) in [6.45, 7) is 0.479. The molecule has 128 valence electrons. The van der Waals surface area contributed by atoms with Crippen LogP contribution in [0.2, 0.25) is 0 Å². The number of halogens is 1. The third kappa shape index (κ3) is 4.45. The van der Waals surface area contributed by atoms with E-state index in [1.165, 1.54) is 40.6 Å². The molecule has 0 aliphatic heterocycles. The second-order valence-corrected chi connectivity index (χ2v) is 6.36. The molecule has 5 nitrogen and oxygen atoms in total. The van der Waals surface area contributed by atoms with Crippen LogP contribution in [0.5, 0.6) is 0 Å². The minimum absolute atomic E-state index is 0.126. The molecular weight excluding hydrogens is 341 g/mol. The minimum Gasteiger partial charge on any atom is -0.293 e. The van der Waals surface area contributed by atoms with Crippen LogP contribution in [-0.2, 0) is 13.0 Å². The first-order valence-corrected chi connectivity index (χ1v) is 8.73. The highest BCUT2D eigenvalue weighted by atomic mass is 32.2. The van der Waals surface area contributed by atoms with E-state index in [1.54, 1.807) is 0 Å². The lowest BCUT2D eigenvalue weighted by Gasteiger charge is -2.05. The SMILES string of the molecule is O=C(CSc1n[nH]c(=O)n1CCc1ccccc1)c1ccc(F)cc1. The number of aromatic nitrogens is 3. The number of aryl methyl sites for hydroxylation is 1. The first-order chi connectivity index (χ1) is 12.1. The van der Waals surface area contributed by atoms with Gasteiger partial charge in [0.15, 0.2) is 10.9 Å². The predicted molar refractivity (Wildman–Crippen MR) is 94.4 cm³/mol. The molecule has 0 aliphatic rings. The van der Waals surface area contributed by atoms with Crippen LogP contribution in [0.3, 0.4) is 0 Å². The van der Waals surface area contributed by atoms with Crippen molar-refractivity contribution < 1.29 is 9.18 Å². The quantitative estimate of drug-likeness (QED) is 0.521. The van der Waals surface area contributed by atoms with E-state index in [0.717, 1.165) is 5.56 Å². The number of H-pyrrole nitrogens is 1. The monoisotopic (exact) mass is 357 g/mol. The molecule has 0 atom stereocenters. The van der Waals surface area contributed by atoms with Crippen molar-refractivity contribution in [2.45, 2.75) is 18.1 Å². The number of ketones is 1. The molecule has 0 saturated heterocycles. The minimum atomic E-state index is -0.383. The van der Waals surface area contributed by atoms with Gasteiger partial charge in [0.1, 0.15) is 5.82 Å². The number of aromatic amines is 1. The highest BCUT2D eigenvalue weighted by Crippen LogP contribution is 2.16. The van der Waals surface area contributed by atoms with E-state index in [-0.39, 0.29) is 23.0 Å². The average molecular weight is 357 g/mol. The molecule has 0 unspecified atom stereocenters. The van der Waals surface area contributed by atoms with Crippen molar-refractivity contribution in [3.63, 3.8) is 0 Å².